The predicted octanol–water partition coefficient (Wildman–Crippen LogP) is 0.462. The Balaban J connectivity index is 2.33. The molecule has 0 aliphatic carbocycles. The zero-order chi connectivity index (χ0) is 9.26. The third-order valence-electron chi connectivity index (χ3n) is 1.96. The Morgan fingerprint density at radius 2 is 2.38 bits per heavy atom. The number of hydrogen-bond acceptors (Lipinski definition) is 3. The Morgan fingerprint density at radius 1 is 1.54 bits per heavy atom. The molecule has 2 rings (SSSR count). The predicted molar refractivity (Wildman–Crippen MR) is 51.9 cm³/mol. The van der Waals surface area contributed by atoms with Gasteiger partial charge in [0.25, 0.3) is 0 Å². The lowest BCUT2D eigenvalue weighted by molar-refractivity contribution is 0.346. The number of ether oxygens (including phenoxy) is 1. The van der Waals surface area contributed by atoms with Crippen molar-refractivity contribution in [1.29, 1.82) is 0 Å². The van der Waals surface area contributed by atoms with Crippen LogP contribution in [0.3, 0.4) is 0 Å². The fourth-order valence-corrected chi connectivity index (χ4v) is 1.38. The van der Waals surface area contributed by atoms with Crippen LogP contribution in [0.1, 0.15) is 5.69 Å². The standard InChI is InChI=1S/C9H13N3O/c1-11(2)12-6-3-4-8(12)9-10-5-7-13-9/h3-4,6H,5,7H2,1-2H3. The molecular weight excluding hydrogens is 166 g/mol. The average molecular weight is 179 g/mol. The summed E-state index contributed by atoms with van der Waals surface area (Å²) in [5.74, 6) is 0.749. The molecule has 0 unspecified atom stereocenters. The van der Waals surface area contributed by atoms with Gasteiger partial charge >= 0.3 is 0 Å². The van der Waals surface area contributed by atoms with Gasteiger partial charge in [0.1, 0.15) is 12.3 Å². The average Bonchev–Trinajstić information content (AvgIpc) is 2.74. The maximum absolute atomic E-state index is 5.39. The monoisotopic (exact) mass is 179 g/mol. The third-order valence-corrected chi connectivity index (χ3v) is 1.96. The highest BCUT2D eigenvalue weighted by Gasteiger charge is 2.14. The first-order valence-electron chi connectivity index (χ1n) is 4.31. The third kappa shape index (κ3) is 1.39. The van der Waals surface area contributed by atoms with Crippen LogP contribution in [0.2, 0.25) is 0 Å². The summed E-state index contributed by atoms with van der Waals surface area (Å²) in [6.45, 7) is 1.47. The summed E-state index contributed by atoms with van der Waals surface area (Å²) in [5.41, 5.74) is 1.02. The molecular formula is C9H13N3O. The summed E-state index contributed by atoms with van der Waals surface area (Å²) < 4.78 is 7.39. The topological polar surface area (TPSA) is 29.8 Å². The smallest absolute Gasteiger partial charge is 0.235 e. The van der Waals surface area contributed by atoms with E-state index in [2.05, 4.69) is 4.99 Å². The molecule has 4 nitrogen and oxygen atoms in total. The fraction of sp³-hybridized carbons (Fsp3) is 0.444. The first-order valence-corrected chi connectivity index (χ1v) is 4.31. The summed E-state index contributed by atoms with van der Waals surface area (Å²) in [6.07, 6.45) is 1.99. The maximum atomic E-state index is 5.39. The maximum Gasteiger partial charge on any atom is 0.235 e. The first kappa shape index (κ1) is 8.16. The molecule has 1 aliphatic rings. The first-order chi connectivity index (χ1) is 6.29. The van der Waals surface area contributed by atoms with Crippen LogP contribution in [-0.4, -0.2) is 37.8 Å². The Kier molecular flexibility index (Phi) is 1.96. The van der Waals surface area contributed by atoms with E-state index in [1.54, 1.807) is 0 Å². The van der Waals surface area contributed by atoms with Crippen LogP contribution < -0.4 is 5.01 Å². The molecule has 0 atom stereocenters. The van der Waals surface area contributed by atoms with E-state index < -0.39 is 0 Å². The molecule has 1 aliphatic heterocycles. The lowest BCUT2D eigenvalue weighted by atomic mass is 10.4. The van der Waals surface area contributed by atoms with E-state index >= 15 is 0 Å². The summed E-state index contributed by atoms with van der Waals surface area (Å²) in [5, 5.41) is 1.99. The molecule has 4 heteroatoms. The van der Waals surface area contributed by atoms with Gasteiger partial charge in [-0.3, -0.25) is 4.68 Å². The minimum atomic E-state index is 0.702. The van der Waals surface area contributed by atoms with Crippen molar-refractivity contribution >= 4 is 5.90 Å². The minimum absolute atomic E-state index is 0.702. The molecule has 0 aromatic carbocycles. The minimum Gasteiger partial charge on any atom is -0.474 e. The number of hydrogen-bond donors (Lipinski definition) is 0. The molecule has 0 N–H and O–H groups in total. The van der Waals surface area contributed by atoms with E-state index in [1.165, 1.54) is 0 Å². The molecule has 0 amide bonds. The van der Waals surface area contributed by atoms with E-state index in [4.69, 9.17) is 4.74 Å². The Morgan fingerprint density at radius 3 is 3.00 bits per heavy atom. The lowest BCUT2D eigenvalue weighted by Crippen LogP contribution is -2.27. The number of aliphatic imine (C=N–C) groups is 1. The zero-order valence-corrected chi connectivity index (χ0v) is 7.90. The molecule has 0 fully saturated rings. The van der Waals surface area contributed by atoms with Gasteiger partial charge in [0.2, 0.25) is 5.90 Å². The van der Waals surface area contributed by atoms with Crippen LogP contribution in [0.5, 0.6) is 0 Å². The van der Waals surface area contributed by atoms with Gasteiger partial charge in [-0.05, 0) is 12.1 Å². The van der Waals surface area contributed by atoms with Crippen molar-refractivity contribution < 1.29 is 4.74 Å². The van der Waals surface area contributed by atoms with Crippen molar-refractivity contribution in [2.24, 2.45) is 4.99 Å². The molecule has 70 valence electrons. The van der Waals surface area contributed by atoms with Gasteiger partial charge in [0, 0.05) is 20.3 Å². The second-order valence-electron chi connectivity index (χ2n) is 3.12. The molecule has 0 radical (unpaired) electrons. The highest BCUT2D eigenvalue weighted by molar-refractivity contribution is 5.93. The van der Waals surface area contributed by atoms with Gasteiger partial charge in [-0.2, -0.15) is 0 Å². The van der Waals surface area contributed by atoms with E-state index in [-0.39, 0.29) is 0 Å². The highest BCUT2D eigenvalue weighted by atomic mass is 16.5. The van der Waals surface area contributed by atoms with E-state index in [0.29, 0.717) is 6.61 Å². The molecule has 0 spiro atoms. The van der Waals surface area contributed by atoms with Crippen molar-refractivity contribution in [1.82, 2.24) is 4.68 Å². The van der Waals surface area contributed by atoms with Gasteiger partial charge in [-0.1, -0.05) is 0 Å². The van der Waals surface area contributed by atoms with Gasteiger partial charge < -0.3 is 9.75 Å². The number of aromatic nitrogens is 1. The van der Waals surface area contributed by atoms with Gasteiger partial charge in [-0.25, -0.2) is 4.99 Å². The molecule has 0 bridgehead atoms. The normalized spacial score (nSPS) is 15.4. The molecule has 2 heterocycles. The summed E-state index contributed by atoms with van der Waals surface area (Å²) >= 11 is 0. The molecule has 1 aromatic heterocycles. The quantitative estimate of drug-likeness (QED) is 0.660. The Labute approximate surface area is 77.4 Å². The second-order valence-corrected chi connectivity index (χ2v) is 3.12. The number of nitrogens with zero attached hydrogens (tertiary/aromatic N) is 3. The SMILES string of the molecule is CN(C)n1cccc1C1=NCCO1. The summed E-state index contributed by atoms with van der Waals surface area (Å²) in [7, 11) is 3.97. The van der Waals surface area contributed by atoms with Gasteiger partial charge in [-0.15, -0.1) is 0 Å². The Hall–Kier alpha value is -1.45. The highest BCUT2D eigenvalue weighted by Crippen LogP contribution is 2.08. The van der Waals surface area contributed by atoms with Crippen LogP contribution in [0.25, 0.3) is 0 Å². The summed E-state index contributed by atoms with van der Waals surface area (Å²) in [4.78, 5) is 4.27. The van der Waals surface area contributed by atoms with Crippen LogP contribution >= 0.6 is 0 Å². The number of rotatable bonds is 2. The summed E-state index contributed by atoms with van der Waals surface area (Å²) in [6, 6.07) is 3.99. The zero-order valence-electron chi connectivity index (χ0n) is 7.90. The van der Waals surface area contributed by atoms with Crippen LogP contribution in [-0.2, 0) is 4.74 Å². The van der Waals surface area contributed by atoms with Crippen LogP contribution in [0.15, 0.2) is 23.3 Å². The molecule has 13 heavy (non-hydrogen) atoms. The van der Waals surface area contributed by atoms with Crippen molar-refractivity contribution in [3.05, 3.63) is 24.0 Å². The largest absolute Gasteiger partial charge is 0.474 e. The second kappa shape index (κ2) is 3.12. The van der Waals surface area contributed by atoms with Crippen molar-refractivity contribution in [2.45, 2.75) is 0 Å². The molecule has 0 saturated heterocycles. The molecule has 1 aromatic rings. The van der Waals surface area contributed by atoms with E-state index in [1.807, 2.05) is 42.1 Å². The fourth-order valence-electron chi connectivity index (χ4n) is 1.38. The van der Waals surface area contributed by atoms with Crippen LogP contribution in [0.4, 0.5) is 0 Å². The van der Waals surface area contributed by atoms with E-state index in [9.17, 15) is 0 Å². The van der Waals surface area contributed by atoms with E-state index in [0.717, 1.165) is 18.1 Å². The van der Waals surface area contributed by atoms with Gasteiger partial charge in [0.05, 0.1) is 6.54 Å². The lowest BCUT2D eigenvalue weighted by Gasteiger charge is -2.17. The van der Waals surface area contributed by atoms with Crippen molar-refractivity contribution in [2.75, 3.05) is 32.3 Å². The van der Waals surface area contributed by atoms with Crippen molar-refractivity contribution in [3.63, 3.8) is 0 Å². The van der Waals surface area contributed by atoms with Crippen LogP contribution in [0, 0.1) is 0 Å². The molecule has 0 saturated carbocycles. The Bertz CT molecular complexity index is 327. The van der Waals surface area contributed by atoms with Gasteiger partial charge in [0.15, 0.2) is 0 Å². The van der Waals surface area contributed by atoms with Crippen molar-refractivity contribution in [3.8, 4) is 0 Å².